The lowest BCUT2D eigenvalue weighted by Crippen LogP contribution is -2.60. The number of carbonyl (C=O) groups excluding carboxylic acids is 1. The highest BCUT2D eigenvalue weighted by atomic mass is 16.5. The van der Waals surface area contributed by atoms with E-state index in [-0.39, 0.29) is 18.1 Å². The zero-order chi connectivity index (χ0) is 17.9. The molecule has 0 saturated carbocycles. The lowest BCUT2D eigenvalue weighted by atomic mass is 9.97. The van der Waals surface area contributed by atoms with Gasteiger partial charge >= 0.3 is 0 Å². The van der Waals surface area contributed by atoms with Crippen molar-refractivity contribution in [3.8, 4) is 0 Å². The number of rotatable bonds is 3. The zero-order valence-electron chi connectivity index (χ0n) is 15.0. The number of nitrogens with zero attached hydrogens (tertiary/aromatic N) is 4. The van der Waals surface area contributed by atoms with Crippen LogP contribution < -0.4 is 0 Å². The van der Waals surface area contributed by atoms with Crippen molar-refractivity contribution in [2.45, 2.75) is 32.0 Å². The van der Waals surface area contributed by atoms with E-state index in [0.29, 0.717) is 12.1 Å². The summed E-state index contributed by atoms with van der Waals surface area (Å²) in [6.07, 6.45) is 8.14. The van der Waals surface area contributed by atoms with E-state index in [2.05, 4.69) is 27.0 Å². The van der Waals surface area contributed by atoms with E-state index in [1.807, 2.05) is 30.3 Å². The highest BCUT2D eigenvalue weighted by Gasteiger charge is 2.38. The van der Waals surface area contributed by atoms with Gasteiger partial charge in [0.1, 0.15) is 0 Å². The molecule has 2 aromatic heterocycles. The first kappa shape index (κ1) is 17.1. The van der Waals surface area contributed by atoms with Crippen molar-refractivity contribution >= 4 is 5.91 Å². The normalized spacial score (nSPS) is 23.5. The molecule has 1 amide bonds. The van der Waals surface area contributed by atoms with Crippen LogP contribution in [0.4, 0.5) is 0 Å². The van der Waals surface area contributed by atoms with Crippen molar-refractivity contribution in [3.63, 3.8) is 0 Å². The molecule has 0 radical (unpaired) electrons. The summed E-state index contributed by atoms with van der Waals surface area (Å²) in [4.78, 5) is 25.6. The lowest BCUT2D eigenvalue weighted by molar-refractivity contribution is -0.101. The van der Waals surface area contributed by atoms with Crippen LogP contribution in [0.3, 0.4) is 0 Å². The molecule has 0 aromatic carbocycles. The average Bonchev–Trinajstić information content (AvgIpc) is 2.69. The third kappa shape index (κ3) is 3.48. The van der Waals surface area contributed by atoms with E-state index in [1.54, 1.807) is 12.4 Å². The molecule has 0 unspecified atom stereocenters. The molecule has 6 heteroatoms. The molecule has 0 bridgehead atoms. The minimum Gasteiger partial charge on any atom is -0.375 e. The SMILES string of the molecule is Cc1ccncc1C(=O)N1CC[C@@H]2OCCN(Cc3ccncc3)[C@H]2C1. The third-order valence-corrected chi connectivity index (χ3v) is 5.39. The van der Waals surface area contributed by atoms with Gasteiger partial charge in [-0.15, -0.1) is 0 Å². The van der Waals surface area contributed by atoms with Crippen molar-refractivity contribution in [3.05, 3.63) is 59.7 Å². The van der Waals surface area contributed by atoms with Crippen LogP contribution in [0.15, 0.2) is 43.0 Å². The third-order valence-electron chi connectivity index (χ3n) is 5.39. The van der Waals surface area contributed by atoms with Gasteiger partial charge in [0, 0.05) is 51.0 Å². The molecule has 2 aliphatic rings. The molecule has 4 rings (SSSR count). The Balaban J connectivity index is 1.50. The fourth-order valence-electron chi connectivity index (χ4n) is 3.90. The van der Waals surface area contributed by atoms with Gasteiger partial charge in [0.2, 0.25) is 0 Å². The second-order valence-corrected chi connectivity index (χ2v) is 7.03. The Bertz CT molecular complexity index is 767. The van der Waals surface area contributed by atoms with Gasteiger partial charge in [-0.2, -0.15) is 0 Å². The van der Waals surface area contributed by atoms with E-state index in [0.717, 1.165) is 38.2 Å². The number of pyridine rings is 2. The molecule has 136 valence electrons. The van der Waals surface area contributed by atoms with E-state index < -0.39 is 0 Å². The van der Waals surface area contributed by atoms with Crippen molar-refractivity contribution in [2.75, 3.05) is 26.2 Å². The number of carbonyl (C=O) groups is 1. The van der Waals surface area contributed by atoms with Gasteiger partial charge in [-0.25, -0.2) is 0 Å². The first-order chi connectivity index (χ1) is 12.7. The number of hydrogen-bond donors (Lipinski definition) is 0. The molecule has 4 heterocycles. The minimum absolute atomic E-state index is 0.0727. The Labute approximate surface area is 153 Å². The van der Waals surface area contributed by atoms with E-state index in [9.17, 15) is 4.79 Å². The second-order valence-electron chi connectivity index (χ2n) is 7.03. The summed E-state index contributed by atoms with van der Waals surface area (Å²) < 4.78 is 6.00. The zero-order valence-corrected chi connectivity index (χ0v) is 15.0. The van der Waals surface area contributed by atoms with Gasteiger partial charge in [0.15, 0.2) is 0 Å². The van der Waals surface area contributed by atoms with E-state index >= 15 is 0 Å². The maximum atomic E-state index is 13.0. The number of morpholine rings is 1. The second kappa shape index (κ2) is 7.51. The summed E-state index contributed by atoms with van der Waals surface area (Å²) in [7, 11) is 0. The first-order valence-electron chi connectivity index (χ1n) is 9.17. The van der Waals surface area contributed by atoms with Crippen LogP contribution in [0.2, 0.25) is 0 Å². The molecule has 2 fully saturated rings. The number of aromatic nitrogens is 2. The molecule has 26 heavy (non-hydrogen) atoms. The fraction of sp³-hybridized carbons (Fsp3) is 0.450. The maximum Gasteiger partial charge on any atom is 0.255 e. The van der Waals surface area contributed by atoms with Crippen LogP contribution in [-0.4, -0.2) is 64.1 Å². The van der Waals surface area contributed by atoms with Crippen LogP contribution >= 0.6 is 0 Å². The molecule has 2 saturated heterocycles. The van der Waals surface area contributed by atoms with Crippen LogP contribution in [0, 0.1) is 6.92 Å². The highest BCUT2D eigenvalue weighted by Crippen LogP contribution is 2.26. The molecule has 2 aliphatic heterocycles. The summed E-state index contributed by atoms with van der Waals surface area (Å²) in [6.45, 7) is 5.89. The fourth-order valence-corrected chi connectivity index (χ4v) is 3.90. The van der Waals surface area contributed by atoms with Crippen molar-refractivity contribution in [1.29, 1.82) is 0 Å². The number of fused-ring (bicyclic) bond motifs is 1. The topological polar surface area (TPSA) is 58.6 Å². The van der Waals surface area contributed by atoms with Gasteiger partial charge in [0.05, 0.1) is 24.3 Å². The quantitative estimate of drug-likeness (QED) is 0.844. The Kier molecular flexibility index (Phi) is 4.95. The Hall–Kier alpha value is -2.31. The molecule has 0 spiro atoms. The van der Waals surface area contributed by atoms with Crippen LogP contribution in [-0.2, 0) is 11.3 Å². The van der Waals surface area contributed by atoms with Crippen molar-refractivity contribution < 1.29 is 9.53 Å². The molecule has 6 nitrogen and oxygen atoms in total. The molecular weight excluding hydrogens is 328 g/mol. The highest BCUT2D eigenvalue weighted by molar-refractivity contribution is 5.95. The van der Waals surface area contributed by atoms with E-state index in [4.69, 9.17) is 4.74 Å². The number of aryl methyl sites for hydroxylation is 1. The number of amides is 1. The summed E-state index contributed by atoms with van der Waals surface area (Å²) in [5, 5.41) is 0. The van der Waals surface area contributed by atoms with Gasteiger partial charge in [-0.05, 0) is 42.7 Å². The summed E-state index contributed by atoms with van der Waals surface area (Å²) >= 11 is 0. The summed E-state index contributed by atoms with van der Waals surface area (Å²) in [5.74, 6) is 0.0727. The molecule has 2 aromatic rings. The Morgan fingerprint density at radius 3 is 2.81 bits per heavy atom. The summed E-state index contributed by atoms with van der Waals surface area (Å²) in [6, 6.07) is 6.22. The van der Waals surface area contributed by atoms with Gasteiger partial charge in [0.25, 0.3) is 5.91 Å². The largest absolute Gasteiger partial charge is 0.375 e. The molecule has 2 atom stereocenters. The van der Waals surface area contributed by atoms with Gasteiger partial charge in [-0.3, -0.25) is 19.7 Å². The first-order valence-corrected chi connectivity index (χ1v) is 9.17. The monoisotopic (exact) mass is 352 g/mol. The van der Waals surface area contributed by atoms with E-state index in [1.165, 1.54) is 5.56 Å². The van der Waals surface area contributed by atoms with Crippen molar-refractivity contribution in [1.82, 2.24) is 19.8 Å². The maximum absolute atomic E-state index is 13.0. The Morgan fingerprint density at radius 2 is 2.00 bits per heavy atom. The van der Waals surface area contributed by atoms with Crippen LogP contribution in [0.5, 0.6) is 0 Å². The predicted octanol–water partition coefficient (Wildman–Crippen LogP) is 1.90. The Morgan fingerprint density at radius 1 is 1.19 bits per heavy atom. The standard InChI is InChI=1S/C20H24N4O2/c1-15-2-6-22-12-17(15)20(25)24-9-5-19-18(14-24)23(10-11-26-19)13-16-3-7-21-8-4-16/h2-4,6-8,12,18-19H,5,9-11,13-14H2,1H3/t18-,19-/m0/s1. The lowest BCUT2D eigenvalue weighted by Gasteiger charge is -2.47. The van der Waals surface area contributed by atoms with Gasteiger partial charge in [-0.1, -0.05) is 0 Å². The molecular formula is C20H24N4O2. The minimum atomic E-state index is 0.0727. The van der Waals surface area contributed by atoms with Gasteiger partial charge < -0.3 is 9.64 Å². The van der Waals surface area contributed by atoms with Crippen LogP contribution in [0.1, 0.15) is 27.9 Å². The number of piperidine rings is 1. The number of likely N-dealkylation sites (tertiary alicyclic amines) is 1. The summed E-state index contributed by atoms with van der Waals surface area (Å²) in [5.41, 5.74) is 2.91. The molecule has 0 N–H and O–H groups in total. The molecule has 0 aliphatic carbocycles. The predicted molar refractivity (Wildman–Crippen MR) is 97.7 cm³/mol. The smallest absolute Gasteiger partial charge is 0.255 e. The average molecular weight is 352 g/mol. The van der Waals surface area contributed by atoms with Crippen LogP contribution in [0.25, 0.3) is 0 Å². The van der Waals surface area contributed by atoms with Crippen molar-refractivity contribution in [2.24, 2.45) is 0 Å². The number of hydrogen-bond acceptors (Lipinski definition) is 5. The number of ether oxygens (including phenoxy) is 1.